The zero-order chi connectivity index (χ0) is 63.4. The summed E-state index contributed by atoms with van der Waals surface area (Å²) in [4.78, 5) is 69.9. The predicted octanol–water partition coefficient (Wildman–Crippen LogP) is 10.4. The first-order chi connectivity index (χ1) is 42.0. The number of fused-ring (bicyclic) bond motifs is 4. The number of aliphatic hydroxyl groups is 1. The first-order valence-corrected chi connectivity index (χ1v) is 32.2. The number of quaternary nitrogens is 1. The van der Waals surface area contributed by atoms with Crippen molar-refractivity contribution in [3.63, 3.8) is 0 Å². The van der Waals surface area contributed by atoms with Crippen LogP contribution in [0.1, 0.15) is 126 Å². The van der Waals surface area contributed by atoms with Crippen LogP contribution in [0.15, 0.2) is 120 Å². The van der Waals surface area contributed by atoms with Crippen LogP contribution in [0, 0.1) is 0 Å². The van der Waals surface area contributed by atoms with Crippen LogP contribution in [0.25, 0.3) is 40.3 Å². The van der Waals surface area contributed by atoms with E-state index in [1.807, 2.05) is 36.4 Å². The van der Waals surface area contributed by atoms with E-state index in [0.717, 1.165) is 44.3 Å². The SMILES string of the molecule is C.C=CC(=O)OCCCCOCC(O)COC(=O)C(C)Oc1ccc2sc3ccccc3c(=O)c2c1.C=CC(=O)OCCCCOCC1CO1.CC(Oc1ccc2sc3ccccc3c(=O)c2c1)C(=O)O.CCCC[N+](CCCC)(CCCC)CCCC.[Br-]. The Labute approximate surface area is 544 Å². The van der Waals surface area contributed by atoms with Crippen LogP contribution in [-0.2, 0) is 47.6 Å². The smallest absolute Gasteiger partial charge is 0.347 e. The number of halogens is 1. The van der Waals surface area contributed by atoms with Gasteiger partial charge in [-0.3, -0.25) is 9.59 Å². The largest absolute Gasteiger partial charge is 1.00 e. The minimum atomic E-state index is -1.04. The van der Waals surface area contributed by atoms with E-state index >= 15 is 0 Å². The van der Waals surface area contributed by atoms with Crippen LogP contribution < -0.4 is 37.3 Å². The summed E-state index contributed by atoms with van der Waals surface area (Å²) in [6.45, 7) is 27.7. The molecule has 4 aromatic carbocycles. The Morgan fingerprint density at radius 2 is 0.989 bits per heavy atom. The summed E-state index contributed by atoms with van der Waals surface area (Å²) < 4.78 is 46.3. The van der Waals surface area contributed by atoms with Crippen LogP contribution in [0.4, 0.5) is 0 Å². The molecule has 1 aliphatic heterocycles. The van der Waals surface area contributed by atoms with Crippen molar-refractivity contribution in [1.82, 2.24) is 0 Å². The zero-order valence-corrected chi connectivity index (χ0v) is 55.4. The minimum absolute atomic E-state index is 0. The second-order valence-corrected chi connectivity index (χ2v) is 23.4. The number of carbonyl (C=O) groups excluding carboxylic acids is 3. The van der Waals surface area contributed by atoms with E-state index in [1.165, 1.54) is 125 Å². The van der Waals surface area contributed by atoms with Crippen molar-refractivity contribution in [3.8, 4) is 11.5 Å². The Hall–Kier alpha value is -6.10. The van der Waals surface area contributed by atoms with Gasteiger partial charge in [0.25, 0.3) is 0 Å². The lowest BCUT2D eigenvalue weighted by Gasteiger charge is -2.39. The van der Waals surface area contributed by atoms with Crippen molar-refractivity contribution in [2.24, 2.45) is 0 Å². The highest BCUT2D eigenvalue weighted by Crippen LogP contribution is 2.29. The Morgan fingerprint density at radius 1 is 0.584 bits per heavy atom. The molecule has 0 aliphatic carbocycles. The van der Waals surface area contributed by atoms with Crippen LogP contribution in [0.2, 0.25) is 0 Å². The fraction of sp³-hybridized carbons (Fsp3) is 0.507. The number of ether oxygens (including phenoxy) is 8. The Kier molecular flexibility index (Phi) is 39.4. The second-order valence-electron chi connectivity index (χ2n) is 21.2. The number of carboxylic acid groups (broad SMARTS) is 1. The molecule has 6 aromatic rings. The van der Waals surface area contributed by atoms with Crippen molar-refractivity contribution in [2.75, 3.05) is 79.0 Å². The maximum atomic E-state index is 12.8. The van der Waals surface area contributed by atoms with E-state index in [0.29, 0.717) is 78.4 Å². The molecule has 4 atom stereocenters. The number of aliphatic carboxylic acids is 1. The molecular weight excluding hydrogens is 1240 g/mol. The molecule has 7 rings (SSSR count). The van der Waals surface area contributed by atoms with Gasteiger partial charge in [-0.1, -0.05) is 98.2 Å². The number of benzene rings is 4. The van der Waals surface area contributed by atoms with Crippen LogP contribution in [0.3, 0.4) is 0 Å². The highest BCUT2D eigenvalue weighted by molar-refractivity contribution is 7.25. The molecule has 20 heteroatoms. The molecule has 0 radical (unpaired) electrons. The van der Waals surface area contributed by atoms with Crippen molar-refractivity contribution < 1.29 is 88.8 Å². The normalized spacial score (nSPS) is 13.2. The number of unbranched alkanes of at least 4 members (excludes halogenated alkanes) is 6. The molecule has 2 N–H and O–H groups in total. The third-order valence-corrected chi connectivity index (χ3v) is 16.3. The van der Waals surface area contributed by atoms with E-state index in [1.54, 1.807) is 48.5 Å². The van der Waals surface area contributed by atoms with Gasteiger partial charge in [0.1, 0.15) is 30.3 Å². The zero-order valence-electron chi connectivity index (χ0n) is 52.2. The molecule has 1 fully saturated rings. The third kappa shape index (κ3) is 29.2. The van der Waals surface area contributed by atoms with E-state index in [4.69, 9.17) is 43.0 Å². The first kappa shape index (κ1) is 79.0. The number of aliphatic hydroxyl groups excluding tert-OH is 1. The monoisotopic (exact) mass is 1340 g/mol. The number of hydrogen-bond donors (Lipinski definition) is 2. The summed E-state index contributed by atoms with van der Waals surface area (Å²) in [6, 6.07) is 25.1. The van der Waals surface area contributed by atoms with Gasteiger partial charge in [-0.25, -0.2) is 19.2 Å². The van der Waals surface area contributed by atoms with Crippen molar-refractivity contribution in [3.05, 3.63) is 131 Å². The van der Waals surface area contributed by atoms with Crippen LogP contribution >= 0.6 is 22.7 Å². The lowest BCUT2D eigenvalue weighted by molar-refractivity contribution is -0.929. The van der Waals surface area contributed by atoms with Crippen LogP contribution in [-0.4, -0.2) is 142 Å². The molecule has 2 aromatic heterocycles. The van der Waals surface area contributed by atoms with E-state index in [9.17, 15) is 33.9 Å². The predicted molar refractivity (Wildman–Crippen MR) is 354 cm³/mol. The molecule has 4 unspecified atom stereocenters. The second kappa shape index (κ2) is 44.4. The van der Waals surface area contributed by atoms with Crippen molar-refractivity contribution in [2.45, 2.75) is 150 Å². The summed E-state index contributed by atoms with van der Waals surface area (Å²) >= 11 is 3.04. The fourth-order valence-electron chi connectivity index (χ4n) is 8.88. The summed E-state index contributed by atoms with van der Waals surface area (Å²) in [7, 11) is 0. The Balaban J connectivity index is 0.000000430. The molecular formula is C69H96BrNO16S2. The highest BCUT2D eigenvalue weighted by atomic mass is 79.9. The van der Waals surface area contributed by atoms with E-state index < -0.39 is 36.2 Å². The minimum Gasteiger partial charge on any atom is -1.00 e. The Morgan fingerprint density at radius 3 is 1.40 bits per heavy atom. The summed E-state index contributed by atoms with van der Waals surface area (Å²) in [5, 5.41) is 21.2. The van der Waals surface area contributed by atoms with E-state index in [-0.39, 0.29) is 61.1 Å². The van der Waals surface area contributed by atoms with Gasteiger partial charge in [0.2, 0.25) is 0 Å². The van der Waals surface area contributed by atoms with Crippen molar-refractivity contribution >= 4 is 86.9 Å². The van der Waals surface area contributed by atoms with Gasteiger partial charge in [-0.05, 0) is 126 Å². The average Bonchev–Trinajstić information content (AvgIpc) is 2.06. The molecule has 0 bridgehead atoms. The lowest BCUT2D eigenvalue weighted by atomic mass is 10.1. The number of esters is 3. The number of nitrogens with zero attached hydrogens (tertiary/aromatic N) is 1. The summed E-state index contributed by atoms with van der Waals surface area (Å²) in [5.41, 5.74) is -0.149. The number of carbonyl (C=O) groups is 4. The molecule has 1 saturated heterocycles. The molecule has 89 heavy (non-hydrogen) atoms. The number of hydrogen-bond acceptors (Lipinski definition) is 17. The Bertz CT molecular complexity index is 3160. The van der Waals surface area contributed by atoms with Gasteiger partial charge in [0.15, 0.2) is 23.1 Å². The number of carboxylic acids is 1. The van der Waals surface area contributed by atoms with Gasteiger partial charge in [0.05, 0.1) is 59.2 Å². The molecule has 1 aliphatic rings. The maximum Gasteiger partial charge on any atom is 0.347 e. The summed E-state index contributed by atoms with van der Waals surface area (Å²) in [5.74, 6) is -1.75. The molecule has 492 valence electrons. The van der Waals surface area contributed by atoms with Gasteiger partial charge < -0.3 is 69.6 Å². The highest BCUT2D eigenvalue weighted by Gasteiger charge is 2.25. The standard InChI is InChI=1S/C26H28O8S.C16H36N.C16H12O4S.C10H16O4.CH4.BrH/c1-3-24(28)32-13-7-6-12-31-15-18(27)16-33-26(30)17(2)34-19-10-11-23-21(14-19)25(29)20-8-4-5-9-22(20)35-23;1-5-9-13-17(14-10-6-2,15-11-7-3)16-12-8-4;1-9(16(18)19)20-10-6-7-14-12(8-10)15(17)11-4-2-3-5-13(11)21-14;1-2-10(11)13-6-4-3-5-12-7-9-8-14-9;;/h3-5,8-11,14,17-18,27H,1,6-7,12-13,15-16H2,2H3;5-16H2,1-4H3;2-9H,1H3,(H,18,19);2,9H,1,3-8H2;1H4;1H/q;+1;;;;/p-1. The molecule has 0 amide bonds. The third-order valence-electron chi connectivity index (χ3n) is 14.0. The molecule has 0 saturated carbocycles. The van der Waals surface area contributed by atoms with Gasteiger partial charge in [-0.2, -0.15) is 0 Å². The lowest BCUT2D eigenvalue weighted by Crippen LogP contribution is -3.00. The fourth-order valence-corrected chi connectivity index (χ4v) is 11.0. The van der Waals surface area contributed by atoms with Gasteiger partial charge in [0, 0.05) is 65.7 Å². The molecule has 17 nitrogen and oxygen atoms in total. The quantitative estimate of drug-likeness (QED) is 0.00710. The van der Waals surface area contributed by atoms with Gasteiger partial charge in [-0.15, -0.1) is 22.7 Å². The van der Waals surface area contributed by atoms with Gasteiger partial charge >= 0.3 is 23.9 Å². The number of rotatable bonds is 36. The number of epoxide rings is 1. The molecule has 0 spiro atoms. The topological polar surface area (TPSA) is 220 Å². The average molecular weight is 1340 g/mol. The van der Waals surface area contributed by atoms with E-state index in [2.05, 4.69) is 40.9 Å². The van der Waals surface area contributed by atoms with Crippen molar-refractivity contribution in [1.29, 1.82) is 0 Å². The van der Waals surface area contributed by atoms with Crippen LogP contribution in [0.5, 0.6) is 11.5 Å². The first-order valence-electron chi connectivity index (χ1n) is 30.5. The maximum absolute atomic E-state index is 12.8. The summed E-state index contributed by atoms with van der Waals surface area (Å²) in [6.07, 6.45) is 13.8. The molecule has 3 heterocycles.